The van der Waals surface area contributed by atoms with Gasteiger partial charge < -0.3 is 15.2 Å². The average Bonchev–Trinajstić information content (AvgIpc) is 3.11. The van der Waals surface area contributed by atoms with E-state index in [1.165, 1.54) is 0 Å². The molecule has 19 heavy (non-hydrogen) atoms. The van der Waals surface area contributed by atoms with E-state index in [-0.39, 0.29) is 6.10 Å². The highest BCUT2D eigenvalue weighted by Gasteiger charge is 2.44. The lowest BCUT2D eigenvalue weighted by atomic mass is 9.86. The van der Waals surface area contributed by atoms with E-state index >= 15 is 0 Å². The van der Waals surface area contributed by atoms with Gasteiger partial charge in [0.15, 0.2) is 0 Å². The van der Waals surface area contributed by atoms with Crippen molar-refractivity contribution >= 4 is 5.97 Å². The molecular weight excluding hydrogens is 242 g/mol. The normalized spacial score (nSPS) is 21.6. The summed E-state index contributed by atoms with van der Waals surface area (Å²) in [6.07, 6.45) is 0.504. The predicted octanol–water partition coefficient (Wildman–Crippen LogP) is 1.97. The van der Waals surface area contributed by atoms with Crippen molar-refractivity contribution in [1.82, 2.24) is 0 Å². The van der Waals surface area contributed by atoms with Crippen molar-refractivity contribution in [3.63, 3.8) is 0 Å². The lowest BCUT2D eigenvalue weighted by Crippen LogP contribution is -2.49. The summed E-state index contributed by atoms with van der Waals surface area (Å²) in [4.78, 5) is 12.4. The highest BCUT2D eigenvalue weighted by molar-refractivity contribution is 5.82. The van der Waals surface area contributed by atoms with Gasteiger partial charge in [0.25, 0.3) is 0 Å². The van der Waals surface area contributed by atoms with Crippen molar-refractivity contribution in [1.29, 1.82) is 0 Å². The second kappa shape index (κ2) is 4.94. The number of ether oxygens (including phenoxy) is 2. The largest absolute Gasteiger partial charge is 0.458 e. The Labute approximate surface area is 113 Å². The van der Waals surface area contributed by atoms with Crippen molar-refractivity contribution < 1.29 is 14.3 Å². The van der Waals surface area contributed by atoms with Gasteiger partial charge in [-0.2, -0.15) is 0 Å². The Balaban J connectivity index is 2.26. The number of carbonyl (C=O) groups excluding carboxylic acids is 1. The molecule has 0 spiro atoms. The molecule has 1 fully saturated rings. The number of rotatable bonds is 4. The molecule has 0 bridgehead atoms. The Kier molecular flexibility index (Phi) is 3.65. The molecule has 0 radical (unpaired) electrons. The number of nitrogens with two attached hydrogens (primary N) is 1. The molecule has 4 heteroatoms. The van der Waals surface area contributed by atoms with Gasteiger partial charge in [0.2, 0.25) is 0 Å². The summed E-state index contributed by atoms with van der Waals surface area (Å²) in [7, 11) is 0. The third-order valence-corrected chi connectivity index (χ3v) is 3.00. The van der Waals surface area contributed by atoms with Crippen LogP contribution in [0.4, 0.5) is 0 Å². The van der Waals surface area contributed by atoms with E-state index in [2.05, 4.69) is 0 Å². The number of esters is 1. The van der Waals surface area contributed by atoms with Gasteiger partial charge in [-0.15, -0.1) is 0 Å². The average molecular weight is 263 g/mol. The zero-order valence-corrected chi connectivity index (χ0v) is 11.7. The first kappa shape index (κ1) is 14.0. The van der Waals surface area contributed by atoms with Crippen molar-refractivity contribution in [2.75, 3.05) is 6.61 Å². The lowest BCUT2D eigenvalue weighted by Gasteiger charge is -2.31. The number of hydrogen-bond acceptors (Lipinski definition) is 4. The SMILES string of the molecule is CC(C)(C)OC(=O)C(N)(C[C@@H]1CO1)c1ccccc1. The van der Waals surface area contributed by atoms with Crippen LogP contribution in [0.2, 0.25) is 0 Å². The van der Waals surface area contributed by atoms with Crippen LogP contribution in [-0.2, 0) is 19.8 Å². The highest BCUT2D eigenvalue weighted by atomic mass is 16.6. The van der Waals surface area contributed by atoms with Gasteiger partial charge in [-0.25, -0.2) is 4.79 Å². The van der Waals surface area contributed by atoms with Crippen LogP contribution in [0.25, 0.3) is 0 Å². The summed E-state index contributed by atoms with van der Waals surface area (Å²) in [6.45, 7) is 6.17. The number of epoxide rings is 1. The van der Waals surface area contributed by atoms with E-state index in [0.29, 0.717) is 13.0 Å². The maximum Gasteiger partial charge on any atom is 0.331 e. The minimum absolute atomic E-state index is 0.0534. The van der Waals surface area contributed by atoms with E-state index < -0.39 is 17.1 Å². The summed E-state index contributed by atoms with van der Waals surface area (Å²) in [5, 5.41) is 0. The summed E-state index contributed by atoms with van der Waals surface area (Å²) in [5.41, 5.74) is 5.42. The van der Waals surface area contributed by atoms with Crippen LogP contribution < -0.4 is 5.73 Å². The molecule has 4 nitrogen and oxygen atoms in total. The predicted molar refractivity (Wildman–Crippen MR) is 72.5 cm³/mol. The van der Waals surface area contributed by atoms with Crippen LogP contribution in [-0.4, -0.2) is 24.3 Å². The van der Waals surface area contributed by atoms with E-state index in [0.717, 1.165) is 5.56 Å². The fourth-order valence-electron chi connectivity index (χ4n) is 1.97. The van der Waals surface area contributed by atoms with Gasteiger partial charge in [-0.3, -0.25) is 0 Å². The number of benzene rings is 1. The lowest BCUT2D eigenvalue weighted by molar-refractivity contribution is -0.162. The maximum atomic E-state index is 12.4. The first-order valence-corrected chi connectivity index (χ1v) is 6.51. The molecule has 104 valence electrons. The summed E-state index contributed by atoms with van der Waals surface area (Å²) >= 11 is 0. The second-order valence-electron chi connectivity index (χ2n) is 6.00. The number of carbonyl (C=O) groups is 1. The van der Waals surface area contributed by atoms with E-state index in [1.807, 2.05) is 51.1 Å². The summed E-state index contributed by atoms with van der Waals surface area (Å²) in [5.74, 6) is -0.401. The summed E-state index contributed by atoms with van der Waals surface area (Å²) < 4.78 is 10.7. The van der Waals surface area contributed by atoms with Crippen molar-refractivity contribution in [3.8, 4) is 0 Å². The molecule has 1 aliphatic rings. The van der Waals surface area contributed by atoms with Gasteiger partial charge in [-0.1, -0.05) is 30.3 Å². The Bertz CT molecular complexity index is 448. The van der Waals surface area contributed by atoms with E-state index in [1.54, 1.807) is 0 Å². The van der Waals surface area contributed by atoms with Gasteiger partial charge in [0.1, 0.15) is 11.1 Å². The third-order valence-electron chi connectivity index (χ3n) is 3.00. The molecule has 1 unspecified atom stereocenters. The van der Waals surface area contributed by atoms with Gasteiger partial charge in [0.05, 0.1) is 12.7 Å². The molecule has 0 aromatic heterocycles. The molecule has 0 amide bonds. The molecule has 1 aromatic carbocycles. The van der Waals surface area contributed by atoms with Crippen LogP contribution in [0.15, 0.2) is 30.3 Å². The van der Waals surface area contributed by atoms with Crippen molar-refractivity contribution in [2.24, 2.45) is 5.73 Å². The molecule has 2 atom stereocenters. The Morgan fingerprint density at radius 2 is 1.95 bits per heavy atom. The van der Waals surface area contributed by atoms with Crippen LogP contribution in [0, 0.1) is 0 Å². The first-order chi connectivity index (χ1) is 8.81. The molecule has 2 N–H and O–H groups in total. The zero-order chi connectivity index (χ0) is 14.1. The van der Waals surface area contributed by atoms with Crippen LogP contribution in [0.5, 0.6) is 0 Å². The van der Waals surface area contributed by atoms with Gasteiger partial charge in [0, 0.05) is 6.42 Å². The maximum absolute atomic E-state index is 12.4. The third kappa shape index (κ3) is 3.55. The second-order valence-corrected chi connectivity index (χ2v) is 6.00. The minimum atomic E-state index is -1.14. The molecule has 1 aromatic rings. The zero-order valence-electron chi connectivity index (χ0n) is 11.7. The minimum Gasteiger partial charge on any atom is -0.458 e. The van der Waals surface area contributed by atoms with Crippen LogP contribution in [0.3, 0.4) is 0 Å². The molecule has 1 saturated heterocycles. The molecule has 1 aliphatic heterocycles. The monoisotopic (exact) mass is 263 g/mol. The standard InChI is InChI=1S/C15H21NO3/c1-14(2,3)19-13(17)15(16,9-12-10-18-12)11-7-5-4-6-8-11/h4-8,12H,9-10,16H2,1-3H3/t12-,15?/m1/s1. The smallest absolute Gasteiger partial charge is 0.331 e. The molecule has 2 rings (SSSR count). The fourth-order valence-corrected chi connectivity index (χ4v) is 1.97. The number of hydrogen-bond donors (Lipinski definition) is 1. The Morgan fingerprint density at radius 1 is 1.37 bits per heavy atom. The molecular formula is C15H21NO3. The first-order valence-electron chi connectivity index (χ1n) is 6.51. The van der Waals surface area contributed by atoms with Crippen LogP contribution in [0.1, 0.15) is 32.8 Å². The molecule has 1 heterocycles. The quantitative estimate of drug-likeness (QED) is 0.666. The Hall–Kier alpha value is -1.39. The molecule has 0 saturated carbocycles. The van der Waals surface area contributed by atoms with Crippen LogP contribution >= 0.6 is 0 Å². The van der Waals surface area contributed by atoms with Gasteiger partial charge in [-0.05, 0) is 26.3 Å². The Morgan fingerprint density at radius 3 is 2.42 bits per heavy atom. The van der Waals surface area contributed by atoms with E-state index in [4.69, 9.17) is 15.2 Å². The van der Waals surface area contributed by atoms with Crippen molar-refractivity contribution in [3.05, 3.63) is 35.9 Å². The molecule has 0 aliphatic carbocycles. The summed E-state index contributed by atoms with van der Waals surface area (Å²) in [6, 6.07) is 9.34. The van der Waals surface area contributed by atoms with Gasteiger partial charge >= 0.3 is 5.97 Å². The van der Waals surface area contributed by atoms with Crippen molar-refractivity contribution in [2.45, 2.75) is 44.4 Å². The van der Waals surface area contributed by atoms with E-state index in [9.17, 15) is 4.79 Å². The highest BCUT2D eigenvalue weighted by Crippen LogP contribution is 2.31. The fraction of sp³-hybridized carbons (Fsp3) is 0.533. The topological polar surface area (TPSA) is 64.8 Å².